The van der Waals surface area contributed by atoms with Crippen LogP contribution < -0.4 is 10.6 Å². The molecule has 0 aromatic heterocycles. The summed E-state index contributed by atoms with van der Waals surface area (Å²) in [6, 6.07) is 19.2. The Hall–Kier alpha value is -1.96. The molecule has 1 heterocycles. The highest BCUT2D eigenvalue weighted by atomic mass is 15.1. The largest absolute Gasteiger partial charge is 0.381 e. The number of anilines is 2. The van der Waals surface area contributed by atoms with Gasteiger partial charge in [-0.15, -0.1) is 0 Å². The smallest absolute Gasteiger partial charge is 0.0687 e. The van der Waals surface area contributed by atoms with Crippen molar-refractivity contribution in [2.75, 3.05) is 17.2 Å². The van der Waals surface area contributed by atoms with Gasteiger partial charge < -0.3 is 10.6 Å². The molecular weight excluding hydrogens is 196 g/mol. The lowest BCUT2D eigenvalue weighted by Crippen LogP contribution is -2.25. The van der Waals surface area contributed by atoms with Crippen LogP contribution in [-0.4, -0.2) is 6.54 Å². The monoisotopic (exact) mass is 210 g/mol. The minimum Gasteiger partial charge on any atom is -0.381 e. The van der Waals surface area contributed by atoms with Crippen molar-refractivity contribution in [1.82, 2.24) is 0 Å². The summed E-state index contributed by atoms with van der Waals surface area (Å²) in [5.74, 6) is 0. The van der Waals surface area contributed by atoms with Gasteiger partial charge in [-0.25, -0.2) is 0 Å². The molecule has 1 aliphatic rings. The maximum atomic E-state index is 3.55. The molecule has 80 valence electrons. The Labute approximate surface area is 95.3 Å². The fourth-order valence-corrected chi connectivity index (χ4v) is 2.10. The van der Waals surface area contributed by atoms with E-state index in [1.165, 1.54) is 16.9 Å². The average molecular weight is 210 g/mol. The first-order valence-corrected chi connectivity index (χ1v) is 5.58. The lowest BCUT2D eigenvalue weighted by Gasteiger charge is -2.28. The van der Waals surface area contributed by atoms with E-state index in [2.05, 4.69) is 59.2 Å². The molecule has 2 aromatic rings. The lowest BCUT2D eigenvalue weighted by atomic mass is 10.0. The highest BCUT2D eigenvalue weighted by Gasteiger charge is 2.17. The SMILES string of the molecule is c1ccc([C@@H]2CNc3ccccc3N2)cc1. The third-order valence-electron chi connectivity index (χ3n) is 2.96. The van der Waals surface area contributed by atoms with Crippen LogP contribution in [0.15, 0.2) is 54.6 Å². The van der Waals surface area contributed by atoms with E-state index >= 15 is 0 Å². The van der Waals surface area contributed by atoms with Crippen molar-refractivity contribution in [3.05, 3.63) is 60.2 Å². The summed E-state index contributed by atoms with van der Waals surface area (Å²) in [6.45, 7) is 0.932. The number of hydrogen-bond acceptors (Lipinski definition) is 2. The van der Waals surface area contributed by atoms with Crippen molar-refractivity contribution < 1.29 is 0 Å². The van der Waals surface area contributed by atoms with Gasteiger partial charge in [-0.05, 0) is 17.7 Å². The summed E-state index contributed by atoms with van der Waals surface area (Å²) in [5.41, 5.74) is 3.70. The van der Waals surface area contributed by atoms with Gasteiger partial charge in [-0.3, -0.25) is 0 Å². The molecule has 1 atom stereocenters. The molecule has 0 bridgehead atoms. The Balaban J connectivity index is 1.89. The van der Waals surface area contributed by atoms with Crippen molar-refractivity contribution in [2.45, 2.75) is 6.04 Å². The minimum absolute atomic E-state index is 0.357. The molecular formula is C14H14N2. The van der Waals surface area contributed by atoms with Crippen LogP contribution >= 0.6 is 0 Å². The van der Waals surface area contributed by atoms with Gasteiger partial charge in [0.15, 0.2) is 0 Å². The van der Waals surface area contributed by atoms with Crippen LogP contribution in [0.5, 0.6) is 0 Å². The van der Waals surface area contributed by atoms with E-state index < -0.39 is 0 Å². The van der Waals surface area contributed by atoms with Crippen molar-refractivity contribution in [2.24, 2.45) is 0 Å². The van der Waals surface area contributed by atoms with Gasteiger partial charge in [0.1, 0.15) is 0 Å². The zero-order valence-corrected chi connectivity index (χ0v) is 8.98. The second-order valence-corrected chi connectivity index (χ2v) is 4.03. The fourth-order valence-electron chi connectivity index (χ4n) is 2.10. The number of nitrogens with one attached hydrogen (secondary N) is 2. The Morgan fingerprint density at radius 2 is 1.50 bits per heavy atom. The van der Waals surface area contributed by atoms with E-state index in [4.69, 9.17) is 0 Å². The minimum atomic E-state index is 0.357. The van der Waals surface area contributed by atoms with Gasteiger partial charge in [-0.2, -0.15) is 0 Å². The second kappa shape index (κ2) is 3.89. The van der Waals surface area contributed by atoms with Gasteiger partial charge in [0.25, 0.3) is 0 Å². The first-order chi connectivity index (χ1) is 7.93. The van der Waals surface area contributed by atoms with E-state index in [0.717, 1.165) is 6.54 Å². The predicted molar refractivity (Wildman–Crippen MR) is 67.7 cm³/mol. The number of fused-ring (bicyclic) bond motifs is 1. The Kier molecular flexibility index (Phi) is 2.26. The van der Waals surface area contributed by atoms with E-state index in [1.54, 1.807) is 0 Å². The van der Waals surface area contributed by atoms with Crippen LogP contribution in [0.1, 0.15) is 11.6 Å². The highest BCUT2D eigenvalue weighted by Crippen LogP contribution is 2.30. The third kappa shape index (κ3) is 1.63. The first-order valence-electron chi connectivity index (χ1n) is 5.58. The third-order valence-corrected chi connectivity index (χ3v) is 2.96. The number of benzene rings is 2. The molecule has 2 N–H and O–H groups in total. The summed E-state index contributed by atoms with van der Waals surface area (Å²) in [6.07, 6.45) is 0. The van der Waals surface area contributed by atoms with Gasteiger partial charge in [0.05, 0.1) is 17.4 Å². The van der Waals surface area contributed by atoms with Crippen LogP contribution in [0.3, 0.4) is 0 Å². The molecule has 3 rings (SSSR count). The van der Waals surface area contributed by atoms with Crippen molar-refractivity contribution in [1.29, 1.82) is 0 Å². The number of rotatable bonds is 1. The quantitative estimate of drug-likeness (QED) is 0.755. The summed E-state index contributed by atoms with van der Waals surface area (Å²) < 4.78 is 0. The number of hydrogen-bond donors (Lipinski definition) is 2. The van der Waals surface area contributed by atoms with Gasteiger partial charge in [0.2, 0.25) is 0 Å². The van der Waals surface area contributed by atoms with Crippen LogP contribution in [0.2, 0.25) is 0 Å². The van der Waals surface area contributed by atoms with Crippen molar-refractivity contribution in [3.8, 4) is 0 Å². The zero-order valence-electron chi connectivity index (χ0n) is 8.98. The normalized spacial score (nSPS) is 18.1. The van der Waals surface area contributed by atoms with Crippen LogP contribution in [0.4, 0.5) is 11.4 Å². The van der Waals surface area contributed by atoms with Crippen molar-refractivity contribution in [3.63, 3.8) is 0 Å². The van der Waals surface area contributed by atoms with E-state index in [1.807, 2.05) is 6.07 Å². The van der Waals surface area contributed by atoms with Gasteiger partial charge in [0, 0.05) is 6.54 Å². The molecule has 2 nitrogen and oxygen atoms in total. The van der Waals surface area contributed by atoms with Crippen molar-refractivity contribution >= 4 is 11.4 Å². The molecule has 2 aromatic carbocycles. The van der Waals surface area contributed by atoms with Crippen LogP contribution in [0, 0.1) is 0 Å². The molecule has 0 radical (unpaired) electrons. The Morgan fingerprint density at radius 1 is 0.812 bits per heavy atom. The highest BCUT2D eigenvalue weighted by molar-refractivity contribution is 5.71. The summed E-state index contributed by atoms with van der Waals surface area (Å²) in [7, 11) is 0. The standard InChI is InChI=1S/C14H14N2/c1-2-6-11(7-3-1)14-10-15-12-8-4-5-9-13(12)16-14/h1-9,14-16H,10H2/t14-/m0/s1. The fraction of sp³-hybridized carbons (Fsp3) is 0.143. The van der Waals surface area contributed by atoms with E-state index in [0.29, 0.717) is 6.04 Å². The van der Waals surface area contributed by atoms with Crippen LogP contribution in [-0.2, 0) is 0 Å². The molecule has 16 heavy (non-hydrogen) atoms. The molecule has 0 unspecified atom stereocenters. The van der Waals surface area contributed by atoms with Crippen LogP contribution in [0.25, 0.3) is 0 Å². The van der Waals surface area contributed by atoms with Gasteiger partial charge in [-0.1, -0.05) is 42.5 Å². The molecule has 2 heteroatoms. The topological polar surface area (TPSA) is 24.1 Å². The summed E-state index contributed by atoms with van der Waals surface area (Å²) >= 11 is 0. The Bertz CT molecular complexity index is 479. The molecule has 0 spiro atoms. The summed E-state index contributed by atoms with van der Waals surface area (Å²) in [4.78, 5) is 0. The Morgan fingerprint density at radius 3 is 2.31 bits per heavy atom. The van der Waals surface area contributed by atoms with E-state index in [-0.39, 0.29) is 0 Å². The lowest BCUT2D eigenvalue weighted by molar-refractivity contribution is 0.804. The van der Waals surface area contributed by atoms with Gasteiger partial charge >= 0.3 is 0 Å². The average Bonchev–Trinajstić information content (AvgIpc) is 2.39. The summed E-state index contributed by atoms with van der Waals surface area (Å²) in [5, 5.41) is 7.00. The molecule has 0 fully saturated rings. The first kappa shape index (κ1) is 9.28. The number of para-hydroxylation sites is 2. The maximum absolute atomic E-state index is 3.55. The second-order valence-electron chi connectivity index (χ2n) is 4.03. The molecule has 0 saturated carbocycles. The molecule has 1 aliphatic heterocycles. The zero-order chi connectivity index (χ0) is 10.8. The molecule has 0 amide bonds. The molecule has 0 saturated heterocycles. The molecule has 0 aliphatic carbocycles. The van der Waals surface area contributed by atoms with E-state index in [9.17, 15) is 0 Å². The predicted octanol–water partition coefficient (Wildman–Crippen LogP) is 3.27. The maximum Gasteiger partial charge on any atom is 0.0687 e.